The van der Waals surface area contributed by atoms with Crippen LogP contribution in [0.5, 0.6) is 0 Å². The van der Waals surface area contributed by atoms with Gasteiger partial charge >= 0.3 is 0 Å². The van der Waals surface area contributed by atoms with E-state index in [2.05, 4.69) is 34.6 Å². The van der Waals surface area contributed by atoms with Gasteiger partial charge in [0.15, 0.2) is 0 Å². The Morgan fingerprint density at radius 1 is 1.17 bits per heavy atom. The van der Waals surface area contributed by atoms with Gasteiger partial charge in [0.1, 0.15) is 5.60 Å². The summed E-state index contributed by atoms with van der Waals surface area (Å²) in [5.74, 6) is 0.718. The van der Waals surface area contributed by atoms with Gasteiger partial charge in [0.25, 0.3) is 0 Å². The molecule has 1 saturated heterocycles. The van der Waals surface area contributed by atoms with Crippen LogP contribution in [-0.4, -0.2) is 24.4 Å². The lowest BCUT2D eigenvalue weighted by atomic mass is 9.75. The molecule has 3 atom stereocenters. The van der Waals surface area contributed by atoms with E-state index in [1.165, 1.54) is 25.7 Å². The van der Waals surface area contributed by atoms with Crippen molar-refractivity contribution in [2.24, 2.45) is 5.92 Å². The van der Waals surface area contributed by atoms with Crippen molar-refractivity contribution < 1.29 is 9.47 Å². The molecule has 1 heterocycles. The lowest BCUT2D eigenvalue weighted by Crippen LogP contribution is -2.68. The number of unbranched alkanes of at least 4 members (excludes halogenated alkanes) is 1. The summed E-state index contributed by atoms with van der Waals surface area (Å²) in [6.07, 6.45) is 7.22. The third kappa shape index (κ3) is 3.08. The molecular formula is C16H32O2. The number of hydrogen-bond donors (Lipinski definition) is 0. The van der Waals surface area contributed by atoms with Crippen molar-refractivity contribution in [3.8, 4) is 0 Å². The highest BCUT2D eigenvalue weighted by molar-refractivity contribution is 5.06. The quantitative estimate of drug-likeness (QED) is 0.602. The average molecular weight is 256 g/mol. The molecule has 2 heteroatoms. The highest BCUT2D eigenvalue weighted by Crippen LogP contribution is 2.45. The zero-order valence-corrected chi connectivity index (χ0v) is 13.1. The van der Waals surface area contributed by atoms with E-state index in [1.54, 1.807) is 0 Å². The normalized spacial score (nSPS) is 33.2. The topological polar surface area (TPSA) is 18.5 Å². The Bertz CT molecular complexity index is 233. The predicted octanol–water partition coefficient (Wildman–Crippen LogP) is 4.57. The molecule has 0 radical (unpaired) electrons. The van der Waals surface area contributed by atoms with Crippen molar-refractivity contribution >= 4 is 0 Å². The molecule has 0 aromatic carbocycles. The van der Waals surface area contributed by atoms with Crippen molar-refractivity contribution in [2.75, 3.05) is 13.2 Å². The van der Waals surface area contributed by atoms with Gasteiger partial charge in [-0.25, -0.2) is 0 Å². The first-order valence-corrected chi connectivity index (χ1v) is 7.85. The maximum Gasteiger partial charge on any atom is 0.120 e. The van der Waals surface area contributed by atoms with Crippen LogP contribution in [-0.2, 0) is 9.47 Å². The Balaban J connectivity index is 2.49. The summed E-state index contributed by atoms with van der Waals surface area (Å²) in [6.45, 7) is 12.8. The second kappa shape index (κ2) is 6.91. The number of rotatable bonds is 9. The zero-order chi connectivity index (χ0) is 13.6. The van der Waals surface area contributed by atoms with Crippen molar-refractivity contribution in [3.05, 3.63) is 0 Å². The van der Waals surface area contributed by atoms with Crippen molar-refractivity contribution in [3.63, 3.8) is 0 Å². The molecule has 0 bridgehead atoms. The molecule has 3 unspecified atom stereocenters. The van der Waals surface area contributed by atoms with Gasteiger partial charge in [0, 0.05) is 0 Å². The summed E-state index contributed by atoms with van der Waals surface area (Å²) < 4.78 is 12.1. The first-order chi connectivity index (χ1) is 8.57. The van der Waals surface area contributed by atoms with Crippen LogP contribution in [0.15, 0.2) is 0 Å². The van der Waals surface area contributed by atoms with Crippen molar-refractivity contribution in [1.29, 1.82) is 0 Å². The van der Waals surface area contributed by atoms with Crippen molar-refractivity contribution in [2.45, 2.75) is 84.3 Å². The van der Waals surface area contributed by atoms with Gasteiger partial charge in [0.2, 0.25) is 0 Å². The first-order valence-electron chi connectivity index (χ1n) is 7.85. The minimum atomic E-state index is -0.0647. The Morgan fingerprint density at radius 3 is 2.28 bits per heavy atom. The third-order valence-electron chi connectivity index (χ3n) is 4.97. The van der Waals surface area contributed by atoms with Crippen LogP contribution >= 0.6 is 0 Å². The van der Waals surface area contributed by atoms with E-state index in [-0.39, 0.29) is 11.2 Å². The van der Waals surface area contributed by atoms with Crippen LogP contribution in [0.1, 0.15) is 73.1 Å². The molecule has 1 fully saturated rings. The highest BCUT2D eigenvalue weighted by Gasteiger charge is 2.56. The fourth-order valence-corrected chi connectivity index (χ4v) is 2.85. The maximum atomic E-state index is 6.35. The van der Waals surface area contributed by atoms with Gasteiger partial charge in [-0.15, -0.1) is 0 Å². The van der Waals surface area contributed by atoms with Crippen LogP contribution in [0, 0.1) is 5.92 Å². The second-order valence-electron chi connectivity index (χ2n) is 5.95. The fraction of sp³-hybridized carbons (Fsp3) is 1.00. The lowest BCUT2D eigenvalue weighted by molar-refractivity contribution is -0.319. The third-order valence-corrected chi connectivity index (χ3v) is 4.97. The van der Waals surface area contributed by atoms with E-state index in [0.29, 0.717) is 0 Å². The molecule has 0 saturated carbocycles. The minimum Gasteiger partial charge on any atom is -0.369 e. The summed E-state index contributed by atoms with van der Waals surface area (Å²) in [5, 5.41) is 0. The van der Waals surface area contributed by atoms with Gasteiger partial charge in [-0.05, 0) is 32.1 Å². The minimum absolute atomic E-state index is 0.0264. The molecule has 1 rings (SSSR count). The summed E-state index contributed by atoms with van der Waals surface area (Å²) >= 11 is 0. The number of ether oxygens (including phenoxy) is 2. The molecule has 1 aliphatic heterocycles. The van der Waals surface area contributed by atoms with Crippen LogP contribution in [0.25, 0.3) is 0 Å². The van der Waals surface area contributed by atoms with Gasteiger partial charge in [-0.2, -0.15) is 0 Å². The molecule has 0 aromatic heterocycles. The summed E-state index contributed by atoms with van der Waals surface area (Å²) in [5.41, 5.74) is -0.0911. The van der Waals surface area contributed by atoms with E-state index in [0.717, 1.165) is 32.0 Å². The summed E-state index contributed by atoms with van der Waals surface area (Å²) in [6, 6.07) is 0. The molecule has 108 valence electrons. The Hall–Kier alpha value is -0.0800. The molecule has 2 nitrogen and oxygen atoms in total. The molecule has 18 heavy (non-hydrogen) atoms. The molecule has 0 amide bonds. The van der Waals surface area contributed by atoms with E-state index >= 15 is 0 Å². The maximum absolute atomic E-state index is 6.35. The number of hydrogen-bond acceptors (Lipinski definition) is 2. The van der Waals surface area contributed by atoms with Gasteiger partial charge in [-0.3, -0.25) is 0 Å². The standard InChI is InChI=1S/C16H32O2/c1-6-10-11-14(7-2)12-17-16(9-4)13-18-15(16,5)8-3/h14H,6-13H2,1-5H3. The summed E-state index contributed by atoms with van der Waals surface area (Å²) in [4.78, 5) is 0. The molecular weight excluding hydrogens is 224 g/mol. The van der Waals surface area contributed by atoms with Crippen LogP contribution < -0.4 is 0 Å². The van der Waals surface area contributed by atoms with E-state index in [9.17, 15) is 0 Å². The van der Waals surface area contributed by atoms with Gasteiger partial charge in [0.05, 0.1) is 18.8 Å². The van der Waals surface area contributed by atoms with Crippen LogP contribution in [0.3, 0.4) is 0 Å². The van der Waals surface area contributed by atoms with E-state index < -0.39 is 0 Å². The SMILES string of the molecule is CCCCC(CC)COC1(CC)COC1(C)CC. The molecule has 0 spiro atoms. The fourth-order valence-electron chi connectivity index (χ4n) is 2.85. The largest absolute Gasteiger partial charge is 0.369 e. The average Bonchev–Trinajstić information content (AvgIpc) is 2.40. The Labute approximate surface area is 113 Å². The molecule has 1 aliphatic rings. The highest BCUT2D eigenvalue weighted by atomic mass is 16.6. The van der Waals surface area contributed by atoms with Crippen molar-refractivity contribution in [1.82, 2.24) is 0 Å². The van der Waals surface area contributed by atoms with Gasteiger partial charge < -0.3 is 9.47 Å². The molecule has 0 N–H and O–H groups in total. The summed E-state index contributed by atoms with van der Waals surface area (Å²) in [7, 11) is 0. The molecule has 0 aromatic rings. The van der Waals surface area contributed by atoms with E-state index in [1.807, 2.05) is 0 Å². The van der Waals surface area contributed by atoms with Crippen LogP contribution in [0.4, 0.5) is 0 Å². The predicted molar refractivity (Wildman–Crippen MR) is 76.9 cm³/mol. The molecule has 0 aliphatic carbocycles. The Kier molecular flexibility index (Phi) is 6.13. The van der Waals surface area contributed by atoms with Crippen LogP contribution in [0.2, 0.25) is 0 Å². The lowest BCUT2D eigenvalue weighted by Gasteiger charge is -2.56. The van der Waals surface area contributed by atoms with E-state index in [4.69, 9.17) is 9.47 Å². The second-order valence-corrected chi connectivity index (χ2v) is 5.95. The zero-order valence-electron chi connectivity index (χ0n) is 13.1. The van der Waals surface area contributed by atoms with Gasteiger partial charge in [-0.1, -0.05) is 47.0 Å². The first kappa shape index (κ1) is 16.0. The monoisotopic (exact) mass is 256 g/mol. The Morgan fingerprint density at radius 2 is 1.89 bits per heavy atom. The smallest absolute Gasteiger partial charge is 0.120 e.